The Balaban J connectivity index is 2.39. The van der Waals surface area contributed by atoms with Crippen molar-refractivity contribution in [1.82, 2.24) is 10.1 Å². The molecule has 5 heteroatoms. The smallest absolute Gasteiger partial charge is 0.258 e. The molecule has 0 fully saturated rings. The van der Waals surface area contributed by atoms with Crippen molar-refractivity contribution in [2.45, 2.75) is 33.7 Å². The fraction of sp³-hybridized carbons (Fsp3) is 0.429. The fourth-order valence-electron chi connectivity index (χ4n) is 1.70. The lowest BCUT2D eigenvalue weighted by atomic mass is 9.87. The summed E-state index contributed by atoms with van der Waals surface area (Å²) in [7, 11) is 0. The van der Waals surface area contributed by atoms with Crippen LogP contribution < -0.4 is 5.73 Å². The van der Waals surface area contributed by atoms with Crippen molar-refractivity contribution in [2.24, 2.45) is 11.1 Å². The van der Waals surface area contributed by atoms with Gasteiger partial charge in [0.1, 0.15) is 0 Å². The lowest BCUT2D eigenvalue weighted by molar-refractivity contribution is 0.303. The second-order valence-electron chi connectivity index (χ2n) is 5.71. The largest absolute Gasteiger partial charge is 0.334 e. The van der Waals surface area contributed by atoms with Gasteiger partial charge in [-0.15, -0.1) is 0 Å². The molecular weight excluding hydrogens is 262 g/mol. The first-order chi connectivity index (χ1) is 8.80. The molecule has 1 atom stereocenters. The van der Waals surface area contributed by atoms with Crippen LogP contribution in [0, 0.1) is 12.3 Å². The van der Waals surface area contributed by atoms with Gasteiger partial charge in [0.2, 0.25) is 0 Å². The molecule has 19 heavy (non-hydrogen) atoms. The Labute approximate surface area is 118 Å². The van der Waals surface area contributed by atoms with Crippen molar-refractivity contribution in [1.29, 1.82) is 0 Å². The van der Waals surface area contributed by atoms with Crippen molar-refractivity contribution >= 4 is 11.6 Å². The van der Waals surface area contributed by atoms with E-state index in [1.54, 1.807) is 0 Å². The SMILES string of the molecule is Cc1c(Cl)cccc1-c1nc(C(N)C(C)(C)C)no1. The van der Waals surface area contributed by atoms with E-state index >= 15 is 0 Å². The van der Waals surface area contributed by atoms with Crippen LogP contribution in [0.25, 0.3) is 11.5 Å². The third-order valence-corrected chi connectivity index (χ3v) is 3.56. The van der Waals surface area contributed by atoms with Crippen molar-refractivity contribution in [2.75, 3.05) is 0 Å². The van der Waals surface area contributed by atoms with Crippen LogP contribution in [-0.4, -0.2) is 10.1 Å². The van der Waals surface area contributed by atoms with Gasteiger partial charge in [0.15, 0.2) is 5.82 Å². The van der Waals surface area contributed by atoms with Gasteiger partial charge in [-0.25, -0.2) is 0 Å². The van der Waals surface area contributed by atoms with Gasteiger partial charge in [-0.05, 0) is 30.0 Å². The van der Waals surface area contributed by atoms with Crippen LogP contribution in [0.3, 0.4) is 0 Å². The Kier molecular flexibility index (Phi) is 3.65. The molecule has 2 N–H and O–H groups in total. The minimum Gasteiger partial charge on any atom is -0.334 e. The maximum Gasteiger partial charge on any atom is 0.258 e. The molecule has 0 amide bonds. The minimum absolute atomic E-state index is 0.121. The van der Waals surface area contributed by atoms with Gasteiger partial charge >= 0.3 is 0 Å². The number of rotatable bonds is 2. The van der Waals surface area contributed by atoms with E-state index in [-0.39, 0.29) is 11.5 Å². The molecule has 4 nitrogen and oxygen atoms in total. The second kappa shape index (κ2) is 4.94. The van der Waals surface area contributed by atoms with Gasteiger partial charge in [-0.2, -0.15) is 4.98 Å². The molecule has 2 aromatic rings. The average molecular weight is 280 g/mol. The topological polar surface area (TPSA) is 64.9 Å². The Hall–Kier alpha value is -1.39. The predicted molar refractivity (Wildman–Crippen MR) is 75.9 cm³/mol. The van der Waals surface area contributed by atoms with E-state index in [9.17, 15) is 0 Å². The zero-order valence-corrected chi connectivity index (χ0v) is 12.3. The first-order valence-corrected chi connectivity index (χ1v) is 6.53. The summed E-state index contributed by atoms with van der Waals surface area (Å²) in [5.74, 6) is 0.969. The molecule has 1 aromatic heterocycles. The van der Waals surface area contributed by atoms with E-state index in [0.29, 0.717) is 16.7 Å². The molecule has 1 heterocycles. The van der Waals surface area contributed by atoms with Gasteiger partial charge < -0.3 is 10.3 Å². The number of nitrogens with zero attached hydrogens (tertiary/aromatic N) is 2. The zero-order valence-electron chi connectivity index (χ0n) is 11.6. The summed E-state index contributed by atoms with van der Waals surface area (Å²) >= 11 is 6.09. The van der Waals surface area contributed by atoms with Crippen LogP contribution in [0.2, 0.25) is 5.02 Å². The van der Waals surface area contributed by atoms with Gasteiger partial charge in [0, 0.05) is 10.6 Å². The highest BCUT2D eigenvalue weighted by Gasteiger charge is 2.27. The van der Waals surface area contributed by atoms with Gasteiger partial charge in [0.25, 0.3) is 5.89 Å². The summed E-state index contributed by atoms with van der Waals surface area (Å²) in [6, 6.07) is 5.32. The first-order valence-electron chi connectivity index (χ1n) is 6.15. The highest BCUT2D eigenvalue weighted by atomic mass is 35.5. The van der Waals surface area contributed by atoms with Crippen molar-refractivity contribution in [3.8, 4) is 11.5 Å². The van der Waals surface area contributed by atoms with Gasteiger partial charge in [0.05, 0.1) is 6.04 Å². The van der Waals surface area contributed by atoms with Gasteiger partial charge in [-0.3, -0.25) is 0 Å². The summed E-state index contributed by atoms with van der Waals surface area (Å²) in [6.45, 7) is 8.04. The Morgan fingerprint density at radius 2 is 2.00 bits per heavy atom. The molecule has 0 aliphatic carbocycles. The Morgan fingerprint density at radius 1 is 1.32 bits per heavy atom. The molecule has 0 aliphatic heterocycles. The third kappa shape index (κ3) is 2.80. The van der Waals surface area contributed by atoms with Crippen molar-refractivity contribution in [3.05, 3.63) is 34.6 Å². The van der Waals surface area contributed by atoms with Crippen LogP contribution in [-0.2, 0) is 0 Å². The van der Waals surface area contributed by atoms with Crippen LogP contribution in [0.4, 0.5) is 0 Å². The maximum absolute atomic E-state index is 6.12. The van der Waals surface area contributed by atoms with Crippen LogP contribution >= 0.6 is 11.6 Å². The lowest BCUT2D eigenvalue weighted by Crippen LogP contribution is -2.27. The van der Waals surface area contributed by atoms with E-state index in [2.05, 4.69) is 10.1 Å². The summed E-state index contributed by atoms with van der Waals surface area (Å²) < 4.78 is 5.30. The molecule has 0 spiro atoms. The van der Waals surface area contributed by atoms with Gasteiger partial charge in [-0.1, -0.05) is 43.6 Å². The van der Waals surface area contributed by atoms with E-state index < -0.39 is 0 Å². The normalized spacial score (nSPS) is 13.6. The molecular formula is C14H18ClN3O. The van der Waals surface area contributed by atoms with Crippen LogP contribution in [0.5, 0.6) is 0 Å². The number of halogens is 1. The third-order valence-electron chi connectivity index (χ3n) is 3.15. The second-order valence-corrected chi connectivity index (χ2v) is 6.12. The molecule has 0 saturated heterocycles. The number of benzene rings is 1. The molecule has 0 saturated carbocycles. The lowest BCUT2D eigenvalue weighted by Gasteiger charge is -2.23. The minimum atomic E-state index is -0.274. The number of hydrogen-bond donors (Lipinski definition) is 1. The predicted octanol–water partition coefficient (Wildman–Crippen LogP) is 3.74. The van der Waals surface area contributed by atoms with E-state index in [0.717, 1.165) is 11.1 Å². The van der Waals surface area contributed by atoms with Crippen LogP contribution in [0.15, 0.2) is 22.7 Å². The van der Waals surface area contributed by atoms with Crippen molar-refractivity contribution < 1.29 is 4.52 Å². The molecule has 2 rings (SSSR count). The van der Waals surface area contributed by atoms with Crippen molar-refractivity contribution in [3.63, 3.8) is 0 Å². The summed E-state index contributed by atoms with van der Waals surface area (Å²) in [6.07, 6.45) is 0. The number of aromatic nitrogens is 2. The Bertz CT molecular complexity index is 587. The Morgan fingerprint density at radius 3 is 2.63 bits per heavy atom. The molecule has 0 aliphatic rings. The molecule has 1 aromatic carbocycles. The highest BCUT2D eigenvalue weighted by molar-refractivity contribution is 6.31. The van der Waals surface area contributed by atoms with E-state index in [1.165, 1.54) is 0 Å². The molecule has 102 valence electrons. The van der Waals surface area contributed by atoms with Crippen LogP contribution in [0.1, 0.15) is 38.2 Å². The highest BCUT2D eigenvalue weighted by Crippen LogP contribution is 2.31. The quantitative estimate of drug-likeness (QED) is 0.909. The molecule has 0 bridgehead atoms. The van der Waals surface area contributed by atoms with E-state index in [1.807, 2.05) is 45.9 Å². The number of hydrogen-bond acceptors (Lipinski definition) is 4. The summed E-state index contributed by atoms with van der Waals surface area (Å²) in [5.41, 5.74) is 7.76. The molecule has 0 radical (unpaired) electrons. The van der Waals surface area contributed by atoms with E-state index in [4.69, 9.17) is 21.9 Å². The first kappa shape index (κ1) is 14.0. The molecule has 1 unspecified atom stereocenters. The standard InChI is InChI=1S/C14H18ClN3O/c1-8-9(6-5-7-10(8)15)13-17-12(18-19-13)11(16)14(2,3)4/h5-7,11H,16H2,1-4H3. The average Bonchev–Trinajstić information content (AvgIpc) is 2.79. The summed E-state index contributed by atoms with van der Waals surface area (Å²) in [5, 5.41) is 4.65. The number of nitrogens with two attached hydrogens (primary N) is 1. The maximum atomic E-state index is 6.12. The zero-order chi connectivity index (χ0) is 14.2. The monoisotopic (exact) mass is 279 g/mol. The fourth-order valence-corrected chi connectivity index (χ4v) is 1.87. The summed E-state index contributed by atoms with van der Waals surface area (Å²) in [4.78, 5) is 4.39.